The van der Waals surface area contributed by atoms with Gasteiger partial charge >= 0.3 is 0 Å². The van der Waals surface area contributed by atoms with Gasteiger partial charge < -0.3 is 6.42 Å². The van der Waals surface area contributed by atoms with E-state index in [1.807, 2.05) is 20.3 Å². The Morgan fingerprint density at radius 2 is 1.68 bits per heavy atom. The summed E-state index contributed by atoms with van der Waals surface area (Å²) < 4.78 is 0. The number of rotatable bonds is 1. The standard InChI is InChI=1S/C18H13.C3H7.Hf/c1-2-7-13(6-1)15-10-5-11-17-16-9-4-3-8-14(16)12-18(15)17;1-3-2;/h1-6,8-12H,7H2;3H,1-2H3;/q2*-1;. The van der Waals surface area contributed by atoms with E-state index in [0.717, 1.165) is 6.42 Å². The first-order valence-electron chi connectivity index (χ1n) is 7.52. The summed E-state index contributed by atoms with van der Waals surface area (Å²) in [6.45, 7) is 4.00. The molecular formula is C21H20Hf-2. The second kappa shape index (κ2) is 7.78. The minimum Gasteiger partial charge on any atom is -0.335 e. The summed E-state index contributed by atoms with van der Waals surface area (Å²) in [6.07, 6.45) is 9.65. The van der Waals surface area contributed by atoms with E-state index >= 15 is 0 Å². The molecule has 0 atom stereocenters. The molecule has 0 saturated heterocycles. The van der Waals surface area contributed by atoms with Gasteiger partial charge in [0, 0.05) is 25.8 Å². The Hall–Kier alpha value is -1.34. The smallest absolute Gasteiger partial charge is 0 e. The zero-order valence-corrected chi connectivity index (χ0v) is 16.7. The molecule has 4 rings (SSSR count). The number of allylic oxidation sites excluding steroid dienone is 4. The number of hydrogen-bond acceptors (Lipinski definition) is 0. The van der Waals surface area contributed by atoms with Crippen LogP contribution in [0.5, 0.6) is 0 Å². The molecule has 0 heterocycles. The van der Waals surface area contributed by atoms with Crippen molar-refractivity contribution in [3.63, 3.8) is 0 Å². The summed E-state index contributed by atoms with van der Waals surface area (Å²) in [5, 5.41) is 5.46. The molecule has 0 aliphatic heterocycles. The van der Waals surface area contributed by atoms with Crippen LogP contribution in [0.2, 0.25) is 0 Å². The Kier molecular flexibility index (Phi) is 6.02. The van der Waals surface area contributed by atoms with Crippen molar-refractivity contribution in [2.45, 2.75) is 20.3 Å². The van der Waals surface area contributed by atoms with E-state index in [4.69, 9.17) is 0 Å². The first kappa shape index (κ1) is 17.0. The second-order valence-electron chi connectivity index (χ2n) is 5.40. The minimum atomic E-state index is 0. The molecule has 0 fully saturated rings. The van der Waals surface area contributed by atoms with Gasteiger partial charge in [-0.2, -0.15) is 13.8 Å². The average Bonchev–Trinajstić information content (AvgIpc) is 3.15. The van der Waals surface area contributed by atoms with Crippen LogP contribution in [0, 0.1) is 6.42 Å². The van der Waals surface area contributed by atoms with Crippen molar-refractivity contribution < 1.29 is 25.8 Å². The van der Waals surface area contributed by atoms with Crippen molar-refractivity contribution in [3.05, 3.63) is 78.7 Å². The molecule has 0 spiro atoms. The summed E-state index contributed by atoms with van der Waals surface area (Å²) in [4.78, 5) is 0. The van der Waals surface area contributed by atoms with Crippen molar-refractivity contribution in [1.29, 1.82) is 0 Å². The van der Waals surface area contributed by atoms with Gasteiger partial charge in [-0.3, -0.25) is 0 Å². The molecule has 0 N–H and O–H groups in total. The largest absolute Gasteiger partial charge is 0.335 e. The Morgan fingerprint density at radius 1 is 0.955 bits per heavy atom. The third-order valence-electron chi connectivity index (χ3n) is 3.77. The van der Waals surface area contributed by atoms with Crippen LogP contribution in [0.1, 0.15) is 25.8 Å². The van der Waals surface area contributed by atoms with Gasteiger partial charge in [0.2, 0.25) is 0 Å². The van der Waals surface area contributed by atoms with Gasteiger partial charge in [0.15, 0.2) is 0 Å². The summed E-state index contributed by atoms with van der Waals surface area (Å²) >= 11 is 0. The van der Waals surface area contributed by atoms with Crippen molar-refractivity contribution in [1.82, 2.24) is 0 Å². The summed E-state index contributed by atoms with van der Waals surface area (Å²) in [6, 6.07) is 17.6. The maximum atomic E-state index is 2.32. The zero-order valence-electron chi connectivity index (χ0n) is 13.1. The van der Waals surface area contributed by atoms with E-state index in [9.17, 15) is 0 Å². The molecule has 22 heavy (non-hydrogen) atoms. The molecular weight excluding hydrogens is 431 g/mol. The van der Waals surface area contributed by atoms with E-state index in [1.165, 1.54) is 32.7 Å². The quantitative estimate of drug-likeness (QED) is 0.302. The number of fused-ring (bicyclic) bond motifs is 3. The molecule has 0 saturated carbocycles. The zero-order chi connectivity index (χ0) is 14.7. The second-order valence-corrected chi connectivity index (χ2v) is 5.40. The first-order valence-corrected chi connectivity index (χ1v) is 7.52. The summed E-state index contributed by atoms with van der Waals surface area (Å²) in [7, 11) is 0. The number of benzene rings is 2. The molecule has 0 aromatic heterocycles. The Bertz CT molecular complexity index is 818. The van der Waals surface area contributed by atoms with Crippen LogP contribution in [0.25, 0.3) is 27.1 Å². The van der Waals surface area contributed by atoms with Crippen LogP contribution < -0.4 is 0 Å². The summed E-state index contributed by atoms with van der Waals surface area (Å²) in [5.74, 6) is 0. The van der Waals surface area contributed by atoms with Crippen molar-refractivity contribution >= 4 is 27.1 Å². The Labute approximate surface area is 151 Å². The van der Waals surface area contributed by atoms with Crippen molar-refractivity contribution in [2.75, 3.05) is 0 Å². The molecule has 0 amide bonds. The van der Waals surface area contributed by atoms with Gasteiger partial charge in [-0.1, -0.05) is 65.8 Å². The molecule has 110 valence electrons. The van der Waals surface area contributed by atoms with Gasteiger partial charge in [-0.15, -0.1) is 33.7 Å². The predicted octanol–water partition coefficient (Wildman–Crippen LogP) is 6.28. The monoisotopic (exact) mass is 452 g/mol. The van der Waals surface area contributed by atoms with Crippen LogP contribution in [0.4, 0.5) is 0 Å². The van der Waals surface area contributed by atoms with E-state index < -0.39 is 0 Å². The maximum absolute atomic E-state index is 2.32. The van der Waals surface area contributed by atoms with Gasteiger partial charge in [0.25, 0.3) is 0 Å². The normalized spacial score (nSPS) is 12.7. The Morgan fingerprint density at radius 3 is 2.41 bits per heavy atom. The molecule has 0 nitrogen and oxygen atoms in total. The predicted molar refractivity (Wildman–Crippen MR) is 94.4 cm³/mol. The number of hydrogen-bond donors (Lipinski definition) is 0. The molecule has 0 bridgehead atoms. The van der Waals surface area contributed by atoms with E-state index in [-0.39, 0.29) is 25.8 Å². The van der Waals surface area contributed by atoms with Crippen LogP contribution in [0.3, 0.4) is 0 Å². The minimum absolute atomic E-state index is 0. The third kappa shape index (κ3) is 3.20. The molecule has 0 unspecified atom stereocenters. The fraction of sp³-hybridized carbons (Fsp3) is 0.143. The summed E-state index contributed by atoms with van der Waals surface area (Å²) in [5.41, 5.74) is 2.81. The third-order valence-corrected chi connectivity index (χ3v) is 3.77. The van der Waals surface area contributed by atoms with Crippen molar-refractivity contribution in [2.24, 2.45) is 0 Å². The van der Waals surface area contributed by atoms with Crippen molar-refractivity contribution in [3.8, 4) is 0 Å². The van der Waals surface area contributed by atoms with Gasteiger partial charge in [0.05, 0.1) is 0 Å². The SMILES string of the molecule is C1=CCC(c2cccc3c2[cH-]c2ccccc23)=C1.C[CH-]C.[Hf]. The Balaban J connectivity index is 0.000000411. The van der Waals surface area contributed by atoms with E-state index in [1.54, 1.807) is 0 Å². The molecule has 0 radical (unpaired) electrons. The van der Waals surface area contributed by atoms with Gasteiger partial charge in [-0.05, 0) is 6.42 Å². The van der Waals surface area contributed by atoms with E-state index in [0.29, 0.717) is 0 Å². The maximum Gasteiger partial charge on any atom is 0 e. The molecule has 3 aromatic carbocycles. The van der Waals surface area contributed by atoms with Crippen LogP contribution in [-0.2, 0) is 25.8 Å². The average molecular weight is 451 g/mol. The van der Waals surface area contributed by atoms with E-state index in [2.05, 4.69) is 66.8 Å². The van der Waals surface area contributed by atoms with Crippen LogP contribution in [0.15, 0.2) is 66.8 Å². The molecule has 3 aromatic rings. The van der Waals surface area contributed by atoms with Crippen LogP contribution >= 0.6 is 0 Å². The first-order chi connectivity index (χ1) is 10.3. The molecule has 1 heteroatoms. The van der Waals surface area contributed by atoms with Crippen LogP contribution in [-0.4, -0.2) is 0 Å². The molecule has 1 aliphatic carbocycles. The van der Waals surface area contributed by atoms with Gasteiger partial charge in [-0.25, -0.2) is 0 Å². The topological polar surface area (TPSA) is 0 Å². The fourth-order valence-corrected chi connectivity index (χ4v) is 2.91. The molecule has 1 aliphatic rings. The van der Waals surface area contributed by atoms with Gasteiger partial charge in [0.1, 0.15) is 0 Å². The fourth-order valence-electron chi connectivity index (χ4n) is 2.91.